The lowest BCUT2D eigenvalue weighted by Gasteiger charge is -2.05. The van der Waals surface area contributed by atoms with Crippen molar-refractivity contribution in [1.29, 1.82) is 0 Å². The van der Waals surface area contributed by atoms with Crippen LogP contribution in [0.2, 0.25) is 0 Å². The van der Waals surface area contributed by atoms with Crippen molar-refractivity contribution < 1.29 is 9.59 Å². The Labute approximate surface area is 155 Å². The fourth-order valence-electron chi connectivity index (χ4n) is 2.26. The largest absolute Gasteiger partial charge is 0.352 e. The second kappa shape index (κ2) is 8.26. The van der Waals surface area contributed by atoms with Gasteiger partial charge in [-0.25, -0.2) is 9.78 Å². The summed E-state index contributed by atoms with van der Waals surface area (Å²) >= 11 is 1.36. The van der Waals surface area contributed by atoms with E-state index in [1.54, 1.807) is 0 Å². The van der Waals surface area contributed by atoms with Gasteiger partial charge in [0.2, 0.25) is 5.91 Å². The summed E-state index contributed by atoms with van der Waals surface area (Å²) in [7, 11) is 0. The molecule has 3 N–H and O–H groups in total. The van der Waals surface area contributed by atoms with Crippen molar-refractivity contribution in [1.82, 2.24) is 10.3 Å². The van der Waals surface area contributed by atoms with Gasteiger partial charge in [-0.1, -0.05) is 42.5 Å². The molecule has 0 bridgehead atoms. The highest BCUT2D eigenvalue weighted by Crippen LogP contribution is 2.25. The Morgan fingerprint density at radius 2 is 1.73 bits per heavy atom. The van der Waals surface area contributed by atoms with Crippen LogP contribution in [0.4, 0.5) is 15.6 Å². The molecule has 0 unspecified atom stereocenters. The van der Waals surface area contributed by atoms with Gasteiger partial charge in [0.1, 0.15) is 0 Å². The number of amides is 3. The Kier molecular flexibility index (Phi) is 5.60. The number of thiazole rings is 1. The molecule has 0 saturated heterocycles. The summed E-state index contributed by atoms with van der Waals surface area (Å²) < 4.78 is 0. The third-order valence-electron chi connectivity index (χ3n) is 3.55. The van der Waals surface area contributed by atoms with Crippen LogP contribution in [0.3, 0.4) is 0 Å². The van der Waals surface area contributed by atoms with Crippen molar-refractivity contribution in [2.24, 2.45) is 0 Å². The lowest BCUT2D eigenvalue weighted by molar-refractivity contribution is -0.119. The number of nitrogens with zero attached hydrogens (tertiary/aromatic N) is 1. The molecule has 0 aliphatic rings. The second-order valence-corrected chi connectivity index (χ2v) is 6.45. The van der Waals surface area contributed by atoms with Crippen LogP contribution >= 0.6 is 11.3 Å². The average Bonchev–Trinajstić information content (AvgIpc) is 3.09. The lowest BCUT2D eigenvalue weighted by atomic mass is 10.1. The van der Waals surface area contributed by atoms with Crippen molar-refractivity contribution in [3.8, 4) is 11.3 Å². The molecule has 0 saturated carbocycles. The van der Waals surface area contributed by atoms with E-state index < -0.39 is 0 Å². The Hall–Kier alpha value is -3.19. The molecule has 0 spiro atoms. The van der Waals surface area contributed by atoms with Gasteiger partial charge in [0.15, 0.2) is 5.13 Å². The van der Waals surface area contributed by atoms with Gasteiger partial charge in [-0.3, -0.25) is 10.1 Å². The normalized spacial score (nSPS) is 10.2. The number of para-hydroxylation sites is 1. The number of nitrogens with one attached hydrogen (secondary N) is 3. The quantitative estimate of drug-likeness (QED) is 0.636. The van der Waals surface area contributed by atoms with E-state index in [0.29, 0.717) is 11.7 Å². The van der Waals surface area contributed by atoms with Gasteiger partial charge in [-0.15, -0.1) is 11.3 Å². The highest BCUT2D eigenvalue weighted by atomic mass is 32.1. The van der Waals surface area contributed by atoms with E-state index in [1.165, 1.54) is 18.3 Å². The molecular formula is C19H18N4O2S. The van der Waals surface area contributed by atoms with Crippen LogP contribution in [0.15, 0.2) is 60.0 Å². The zero-order chi connectivity index (χ0) is 18.4. The molecule has 26 heavy (non-hydrogen) atoms. The summed E-state index contributed by atoms with van der Waals surface area (Å²) in [6, 6.07) is 16.7. The number of rotatable bonds is 5. The third-order valence-corrected chi connectivity index (χ3v) is 4.31. The van der Waals surface area contributed by atoms with Crippen LogP contribution in [-0.2, 0) is 11.3 Å². The van der Waals surface area contributed by atoms with Crippen LogP contribution in [0, 0.1) is 0 Å². The molecular weight excluding hydrogens is 348 g/mol. The van der Waals surface area contributed by atoms with Crippen molar-refractivity contribution >= 4 is 34.1 Å². The third kappa shape index (κ3) is 4.90. The maximum atomic E-state index is 12.0. The molecule has 6 nitrogen and oxygen atoms in total. The molecule has 2 aromatic carbocycles. The molecule has 1 aromatic heterocycles. The van der Waals surface area contributed by atoms with E-state index in [0.717, 1.165) is 22.5 Å². The predicted molar refractivity (Wildman–Crippen MR) is 104 cm³/mol. The van der Waals surface area contributed by atoms with E-state index in [-0.39, 0.29) is 11.9 Å². The maximum absolute atomic E-state index is 12.0. The van der Waals surface area contributed by atoms with Gasteiger partial charge in [0.25, 0.3) is 0 Å². The van der Waals surface area contributed by atoms with Gasteiger partial charge >= 0.3 is 6.03 Å². The first-order chi connectivity index (χ1) is 12.6. The van der Waals surface area contributed by atoms with Gasteiger partial charge < -0.3 is 10.6 Å². The van der Waals surface area contributed by atoms with Crippen molar-refractivity contribution in [2.45, 2.75) is 13.5 Å². The van der Waals surface area contributed by atoms with E-state index in [9.17, 15) is 9.59 Å². The standard InChI is InChI=1S/C19H18N4O2S/c1-13(24)20-11-14-7-9-15(10-8-14)17-12-26-19(22-17)23-18(25)21-16-5-3-2-4-6-16/h2-10,12H,11H2,1H3,(H,20,24)(H2,21,22,23,25). The minimum Gasteiger partial charge on any atom is -0.352 e. The van der Waals surface area contributed by atoms with Crippen LogP contribution in [0.1, 0.15) is 12.5 Å². The zero-order valence-corrected chi connectivity index (χ0v) is 15.0. The summed E-state index contributed by atoms with van der Waals surface area (Å²) in [5.74, 6) is -0.0573. The molecule has 0 radical (unpaired) electrons. The second-order valence-electron chi connectivity index (χ2n) is 5.59. The number of benzene rings is 2. The monoisotopic (exact) mass is 366 g/mol. The van der Waals surface area contributed by atoms with Gasteiger partial charge in [0, 0.05) is 30.1 Å². The van der Waals surface area contributed by atoms with Crippen molar-refractivity contribution in [3.63, 3.8) is 0 Å². The first-order valence-electron chi connectivity index (χ1n) is 8.02. The number of urea groups is 1. The van der Waals surface area contributed by atoms with Gasteiger partial charge in [-0.2, -0.15) is 0 Å². The molecule has 0 aliphatic carbocycles. The van der Waals surface area contributed by atoms with Crippen LogP contribution in [0.25, 0.3) is 11.3 Å². The summed E-state index contributed by atoms with van der Waals surface area (Å²) in [5, 5.41) is 10.7. The molecule has 0 aliphatic heterocycles. The van der Waals surface area contributed by atoms with E-state index in [2.05, 4.69) is 20.9 Å². The van der Waals surface area contributed by atoms with Crippen LogP contribution < -0.4 is 16.0 Å². The number of hydrogen-bond donors (Lipinski definition) is 3. The summed E-state index contributed by atoms with van der Waals surface area (Å²) in [6.07, 6.45) is 0. The van der Waals surface area contributed by atoms with Crippen molar-refractivity contribution in [2.75, 3.05) is 10.6 Å². The highest BCUT2D eigenvalue weighted by molar-refractivity contribution is 7.14. The van der Waals surface area contributed by atoms with Gasteiger partial charge in [-0.05, 0) is 17.7 Å². The van der Waals surface area contributed by atoms with Crippen LogP contribution in [0.5, 0.6) is 0 Å². The SMILES string of the molecule is CC(=O)NCc1ccc(-c2csc(NC(=O)Nc3ccccc3)n2)cc1. The predicted octanol–water partition coefficient (Wildman–Crippen LogP) is 4.09. The molecule has 0 atom stereocenters. The Morgan fingerprint density at radius 1 is 1.00 bits per heavy atom. The lowest BCUT2D eigenvalue weighted by Crippen LogP contribution is -2.19. The topological polar surface area (TPSA) is 83.1 Å². The Bertz CT molecular complexity index is 891. The number of hydrogen-bond acceptors (Lipinski definition) is 4. The van der Waals surface area contributed by atoms with E-state index >= 15 is 0 Å². The van der Waals surface area contributed by atoms with Gasteiger partial charge in [0.05, 0.1) is 5.69 Å². The van der Waals surface area contributed by atoms with E-state index in [4.69, 9.17) is 0 Å². The molecule has 0 fully saturated rings. The fraction of sp³-hybridized carbons (Fsp3) is 0.105. The fourth-order valence-corrected chi connectivity index (χ4v) is 2.98. The summed E-state index contributed by atoms with van der Waals surface area (Å²) in [4.78, 5) is 27.4. The smallest absolute Gasteiger partial charge is 0.325 e. The molecule has 7 heteroatoms. The maximum Gasteiger partial charge on any atom is 0.325 e. The first-order valence-corrected chi connectivity index (χ1v) is 8.90. The molecule has 3 rings (SSSR count). The minimum atomic E-state index is -0.331. The molecule has 1 heterocycles. The average molecular weight is 366 g/mol. The molecule has 132 valence electrons. The zero-order valence-electron chi connectivity index (χ0n) is 14.2. The van der Waals surface area contributed by atoms with E-state index in [1.807, 2.05) is 60.0 Å². The first kappa shape index (κ1) is 17.6. The molecule has 3 amide bonds. The van der Waals surface area contributed by atoms with Crippen LogP contribution in [-0.4, -0.2) is 16.9 Å². The van der Waals surface area contributed by atoms with Crippen molar-refractivity contribution in [3.05, 3.63) is 65.5 Å². The minimum absolute atomic E-state index is 0.0573. The summed E-state index contributed by atoms with van der Waals surface area (Å²) in [5.41, 5.74) is 3.47. The highest BCUT2D eigenvalue weighted by Gasteiger charge is 2.08. The summed E-state index contributed by atoms with van der Waals surface area (Å²) in [6.45, 7) is 1.99. The molecule has 3 aromatic rings. The Morgan fingerprint density at radius 3 is 2.42 bits per heavy atom. The Balaban J connectivity index is 1.60. The number of carbonyl (C=O) groups is 2. The number of aromatic nitrogens is 1. The number of carbonyl (C=O) groups excluding carboxylic acids is 2. The number of anilines is 2.